The Bertz CT molecular complexity index is 1010. The molecule has 0 radical (unpaired) electrons. The van der Waals surface area contributed by atoms with E-state index in [1.807, 2.05) is 19.9 Å². The summed E-state index contributed by atoms with van der Waals surface area (Å²) in [5.74, 6) is -0.0955. The van der Waals surface area contributed by atoms with E-state index in [1.54, 1.807) is 42.5 Å². The Hall–Kier alpha value is -1.64. The van der Waals surface area contributed by atoms with Crippen molar-refractivity contribution < 1.29 is 13.2 Å². The molecule has 0 aliphatic carbocycles. The van der Waals surface area contributed by atoms with Crippen LogP contribution < -0.4 is 10.0 Å². The van der Waals surface area contributed by atoms with Gasteiger partial charge in [-0.15, -0.1) is 0 Å². The van der Waals surface area contributed by atoms with E-state index in [4.69, 9.17) is 23.2 Å². The molecule has 1 fully saturated rings. The number of carbonyl (C=O) groups is 1. The van der Waals surface area contributed by atoms with Crippen LogP contribution in [0.4, 0.5) is 0 Å². The van der Waals surface area contributed by atoms with Crippen LogP contribution in [0, 0.1) is 0 Å². The zero-order chi connectivity index (χ0) is 22.6. The molecule has 1 saturated heterocycles. The SMILES string of the molecule is CC(NC(=O)C(C)N1CCC(NS(=O)(=O)c2ccccc2)CC1)c1ccc(Cl)cc1Cl. The number of likely N-dealkylation sites (tertiary alicyclic amines) is 1. The van der Waals surface area contributed by atoms with Gasteiger partial charge in [-0.25, -0.2) is 13.1 Å². The number of nitrogens with zero attached hydrogens (tertiary/aromatic N) is 1. The molecule has 0 saturated carbocycles. The molecule has 2 unspecified atom stereocenters. The van der Waals surface area contributed by atoms with Gasteiger partial charge in [-0.1, -0.05) is 47.5 Å². The van der Waals surface area contributed by atoms with Gasteiger partial charge in [-0.3, -0.25) is 9.69 Å². The molecule has 0 aromatic heterocycles. The van der Waals surface area contributed by atoms with Gasteiger partial charge in [0.15, 0.2) is 0 Å². The lowest BCUT2D eigenvalue weighted by Crippen LogP contribution is -2.51. The highest BCUT2D eigenvalue weighted by molar-refractivity contribution is 7.89. The lowest BCUT2D eigenvalue weighted by molar-refractivity contribution is -0.127. The van der Waals surface area contributed by atoms with Crippen molar-refractivity contribution in [1.29, 1.82) is 0 Å². The average Bonchev–Trinajstić information content (AvgIpc) is 2.74. The van der Waals surface area contributed by atoms with Crippen LogP contribution in [0.3, 0.4) is 0 Å². The minimum Gasteiger partial charge on any atom is -0.348 e. The zero-order valence-corrected chi connectivity index (χ0v) is 19.8. The van der Waals surface area contributed by atoms with Crippen molar-refractivity contribution in [2.24, 2.45) is 0 Å². The first-order valence-electron chi connectivity index (χ1n) is 10.2. The topological polar surface area (TPSA) is 78.5 Å². The van der Waals surface area contributed by atoms with Crippen LogP contribution in [0.25, 0.3) is 0 Å². The van der Waals surface area contributed by atoms with Crippen molar-refractivity contribution in [3.05, 3.63) is 64.1 Å². The summed E-state index contributed by atoms with van der Waals surface area (Å²) in [6, 6.07) is 12.8. The molecule has 31 heavy (non-hydrogen) atoms. The number of amides is 1. The van der Waals surface area contributed by atoms with E-state index in [9.17, 15) is 13.2 Å². The van der Waals surface area contributed by atoms with Gasteiger partial charge < -0.3 is 5.32 Å². The summed E-state index contributed by atoms with van der Waals surface area (Å²) in [6.45, 7) is 5.00. The summed E-state index contributed by atoms with van der Waals surface area (Å²) >= 11 is 12.2. The van der Waals surface area contributed by atoms with E-state index < -0.39 is 10.0 Å². The van der Waals surface area contributed by atoms with Crippen LogP contribution in [0.15, 0.2) is 53.4 Å². The predicted octanol–water partition coefficient (Wildman–Crippen LogP) is 4.00. The number of sulfonamides is 1. The normalized spacial score (nSPS) is 17.8. The van der Waals surface area contributed by atoms with Crippen LogP contribution in [0.1, 0.15) is 38.3 Å². The average molecular weight is 484 g/mol. The van der Waals surface area contributed by atoms with Crippen molar-refractivity contribution in [3.63, 3.8) is 0 Å². The Morgan fingerprint density at radius 1 is 1.06 bits per heavy atom. The van der Waals surface area contributed by atoms with E-state index in [2.05, 4.69) is 14.9 Å². The molecule has 9 heteroatoms. The second-order valence-electron chi connectivity index (χ2n) is 7.82. The minimum atomic E-state index is -3.54. The Balaban J connectivity index is 1.52. The first kappa shape index (κ1) is 24.0. The third-order valence-corrected chi connectivity index (χ3v) is 7.72. The Labute approximate surface area is 194 Å². The third kappa shape index (κ3) is 6.20. The van der Waals surface area contributed by atoms with Gasteiger partial charge in [0.25, 0.3) is 0 Å². The molecule has 2 N–H and O–H groups in total. The summed E-state index contributed by atoms with van der Waals surface area (Å²) in [5, 5.41) is 4.07. The van der Waals surface area contributed by atoms with Gasteiger partial charge >= 0.3 is 0 Å². The van der Waals surface area contributed by atoms with Gasteiger partial charge in [-0.2, -0.15) is 0 Å². The van der Waals surface area contributed by atoms with E-state index in [0.29, 0.717) is 36.0 Å². The number of hydrogen-bond donors (Lipinski definition) is 2. The second kappa shape index (κ2) is 10.3. The van der Waals surface area contributed by atoms with E-state index in [0.717, 1.165) is 5.56 Å². The molecule has 0 bridgehead atoms. The van der Waals surface area contributed by atoms with Gasteiger partial charge in [0.2, 0.25) is 15.9 Å². The fourth-order valence-corrected chi connectivity index (χ4v) is 5.62. The molecule has 168 valence electrons. The number of halogens is 2. The molecule has 1 amide bonds. The van der Waals surface area contributed by atoms with Gasteiger partial charge in [-0.05, 0) is 56.5 Å². The van der Waals surface area contributed by atoms with Crippen LogP contribution in [0.2, 0.25) is 10.0 Å². The lowest BCUT2D eigenvalue weighted by atomic mass is 10.0. The smallest absolute Gasteiger partial charge is 0.240 e. The van der Waals surface area contributed by atoms with Crippen molar-refractivity contribution in [2.75, 3.05) is 13.1 Å². The predicted molar refractivity (Wildman–Crippen MR) is 124 cm³/mol. The summed E-state index contributed by atoms with van der Waals surface area (Å²) in [4.78, 5) is 15.1. The summed E-state index contributed by atoms with van der Waals surface area (Å²) in [7, 11) is -3.54. The summed E-state index contributed by atoms with van der Waals surface area (Å²) in [6.07, 6.45) is 1.28. The molecule has 0 spiro atoms. The molecule has 1 aliphatic heterocycles. The highest BCUT2D eigenvalue weighted by Crippen LogP contribution is 2.26. The van der Waals surface area contributed by atoms with Crippen LogP contribution in [-0.4, -0.2) is 44.4 Å². The molecule has 1 heterocycles. The first-order chi connectivity index (χ1) is 14.7. The van der Waals surface area contributed by atoms with E-state index in [-0.39, 0.29) is 28.9 Å². The maximum absolute atomic E-state index is 12.8. The lowest BCUT2D eigenvalue weighted by Gasteiger charge is -2.35. The van der Waals surface area contributed by atoms with Gasteiger partial charge in [0.05, 0.1) is 17.0 Å². The molecule has 3 rings (SSSR count). The summed E-state index contributed by atoms with van der Waals surface area (Å²) in [5.41, 5.74) is 0.806. The number of rotatable bonds is 7. The van der Waals surface area contributed by atoms with Crippen LogP contribution in [0.5, 0.6) is 0 Å². The second-order valence-corrected chi connectivity index (χ2v) is 10.4. The standard InChI is InChI=1S/C22H27Cl2N3O3S/c1-15(20-9-8-17(23)14-21(20)24)25-22(28)16(2)27-12-10-18(11-13-27)26-31(29,30)19-6-4-3-5-7-19/h3-9,14-16,18,26H,10-13H2,1-2H3,(H,25,28). The number of hydrogen-bond acceptors (Lipinski definition) is 4. The fourth-order valence-electron chi connectivity index (χ4n) is 3.72. The van der Waals surface area contributed by atoms with Crippen molar-refractivity contribution in [2.45, 2.75) is 49.7 Å². The first-order valence-corrected chi connectivity index (χ1v) is 12.5. The van der Waals surface area contributed by atoms with E-state index >= 15 is 0 Å². The maximum Gasteiger partial charge on any atom is 0.240 e. The Morgan fingerprint density at radius 2 is 1.71 bits per heavy atom. The highest BCUT2D eigenvalue weighted by atomic mass is 35.5. The number of carbonyl (C=O) groups excluding carboxylic acids is 1. The maximum atomic E-state index is 12.8. The molecular weight excluding hydrogens is 457 g/mol. The molecular formula is C22H27Cl2N3O3S. The van der Waals surface area contributed by atoms with Crippen molar-refractivity contribution in [3.8, 4) is 0 Å². The third-order valence-electron chi connectivity index (χ3n) is 5.62. The Morgan fingerprint density at radius 3 is 2.32 bits per heavy atom. The molecule has 6 nitrogen and oxygen atoms in total. The molecule has 2 atom stereocenters. The number of benzene rings is 2. The zero-order valence-electron chi connectivity index (χ0n) is 17.5. The minimum absolute atomic E-state index is 0.0955. The number of nitrogens with one attached hydrogen (secondary N) is 2. The van der Waals surface area contributed by atoms with Gasteiger partial charge in [0.1, 0.15) is 0 Å². The summed E-state index contributed by atoms with van der Waals surface area (Å²) < 4.78 is 27.8. The quantitative estimate of drug-likeness (QED) is 0.623. The Kier molecular flexibility index (Phi) is 7.99. The fraction of sp³-hybridized carbons (Fsp3) is 0.409. The molecule has 1 aliphatic rings. The largest absolute Gasteiger partial charge is 0.348 e. The van der Waals surface area contributed by atoms with E-state index in [1.165, 1.54) is 0 Å². The van der Waals surface area contributed by atoms with Gasteiger partial charge in [0, 0.05) is 29.2 Å². The highest BCUT2D eigenvalue weighted by Gasteiger charge is 2.29. The van der Waals surface area contributed by atoms with Crippen molar-refractivity contribution >= 4 is 39.1 Å². The van der Waals surface area contributed by atoms with Crippen LogP contribution >= 0.6 is 23.2 Å². The van der Waals surface area contributed by atoms with Crippen molar-refractivity contribution in [1.82, 2.24) is 14.9 Å². The monoisotopic (exact) mass is 483 g/mol. The number of piperidine rings is 1. The molecule has 2 aromatic rings. The van der Waals surface area contributed by atoms with Crippen LogP contribution in [-0.2, 0) is 14.8 Å². The molecule has 2 aromatic carbocycles.